The normalized spacial score (nSPS) is 20.1. The van der Waals surface area contributed by atoms with E-state index in [9.17, 15) is 38.0 Å². The standard InChI is InChI=1S/C23H32N11O15P3/c1-5-6-44-34-9-14(33-12-30(3)17-19(33)28-23(25-2)29-20(17)35)47-15(34)10-46-51(39,40)49-52(41,42)48-50(37,38)45-8-7-43-13-32-11-26-16-18(32)27-22(24)31(4)21(16)36/h1,11-12,14-15H,6-10,13H2,2-4H3,(H6-,24,25,27,28,29,35,36,37,38,39,40,41,42)/p+1/t14-,15-/m1/s1. The third kappa shape index (κ3) is 9.00. The number of aromatic amines is 1. The van der Waals surface area contributed by atoms with Crippen molar-refractivity contribution in [1.82, 2.24) is 38.7 Å². The van der Waals surface area contributed by atoms with Crippen LogP contribution in [-0.2, 0) is 66.5 Å². The second-order valence-corrected chi connectivity index (χ2v) is 15.2. The fraction of sp³-hybridized carbons (Fsp3) is 0.478. The van der Waals surface area contributed by atoms with Crippen LogP contribution >= 0.6 is 23.5 Å². The molecule has 1 aliphatic heterocycles. The highest BCUT2D eigenvalue weighted by molar-refractivity contribution is 7.66. The number of nitrogen functional groups attached to an aromatic ring is 1. The highest BCUT2D eigenvalue weighted by Gasteiger charge is 2.45. The minimum absolute atomic E-state index is 0.0166. The summed E-state index contributed by atoms with van der Waals surface area (Å²) in [4.78, 5) is 75.2. The van der Waals surface area contributed by atoms with E-state index in [-0.39, 0.29) is 54.1 Å². The predicted octanol–water partition coefficient (Wildman–Crippen LogP) is -1.62. The number of aryl methyl sites for hydroxylation is 1. The third-order valence-corrected chi connectivity index (χ3v) is 11.3. The molecule has 26 nitrogen and oxygen atoms in total. The molecular formula is C23H33N11O15P3+. The first-order valence-electron chi connectivity index (χ1n) is 14.6. The molecule has 4 aromatic rings. The molecule has 0 aromatic carbocycles. The Hall–Kier alpha value is -3.89. The molecule has 5 heterocycles. The lowest BCUT2D eigenvalue weighted by Crippen LogP contribution is -2.34. The second kappa shape index (κ2) is 15.6. The van der Waals surface area contributed by atoms with Gasteiger partial charge < -0.3 is 35.2 Å². The number of rotatable bonds is 17. The maximum Gasteiger partial charge on any atom is 0.490 e. The highest BCUT2D eigenvalue weighted by Crippen LogP contribution is 2.67. The molecule has 3 unspecified atom stereocenters. The van der Waals surface area contributed by atoms with Crippen LogP contribution in [0.1, 0.15) is 6.23 Å². The van der Waals surface area contributed by atoms with E-state index in [2.05, 4.69) is 44.3 Å². The number of phosphoric acid groups is 3. The SMILES string of the molecule is C#CCON1C[C@H](n2c[n+](C)c3c(=O)[nH]c(NC)nc32)O[C@@H]1COP(=O)(O)OP(=O)(O)OP(=O)(O)OCCOCn1cnc2c(=O)n(C)c(N)nc21. The fourth-order valence-electron chi connectivity index (χ4n) is 4.72. The number of aromatic nitrogens is 8. The van der Waals surface area contributed by atoms with Gasteiger partial charge in [0.2, 0.25) is 24.5 Å². The molecule has 0 amide bonds. The number of nitrogens with two attached hydrogens (primary N) is 1. The fourth-order valence-corrected chi connectivity index (χ4v) is 8.19. The van der Waals surface area contributed by atoms with E-state index >= 15 is 0 Å². The first-order chi connectivity index (χ1) is 24.4. The van der Waals surface area contributed by atoms with Crippen LogP contribution in [0.2, 0.25) is 0 Å². The smallest absolute Gasteiger partial charge is 0.369 e. The van der Waals surface area contributed by atoms with Gasteiger partial charge in [-0.25, -0.2) is 23.2 Å². The van der Waals surface area contributed by atoms with Crippen LogP contribution in [0.25, 0.3) is 22.3 Å². The van der Waals surface area contributed by atoms with Gasteiger partial charge in [-0.15, -0.1) is 6.42 Å². The Kier molecular flexibility index (Phi) is 11.8. The monoisotopic (exact) mass is 796 g/mol. The van der Waals surface area contributed by atoms with Crippen molar-refractivity contribution in [1.29, 1.82) is 0 Å². The molecule has 0 spiro atoms. The van der Waals surface area contributed by atoms with Gasteiger partial charge >= 0.3 is 29.0 Å². The second-order valence-electron chi connectivity index (χ2n) is 10.5. The number of H-pyrrole nitrogens is 1. The van der Waals surface area contributed by atoms with Gasteiger partial charge in [-0.1, -0.05) is 5.92 Å². The van der Waals surface area contributed by atoms with E-state index in [1.54, 1.807) is 14.1 Å². The zero-order chi connectivity index (χ0) is 38.0. The van der Waals surface area contributed by atoms with E-state index in [0.717, 1.165) is 9.63 Å². The number of phosphoric ester groups is 2. The van der Waals surface area contributed by atoms with Crippen LogP contribution < -0.4 is 26.7 Å². The van der Waals surface area contributed by atoms with Gasteiger partial charge in [0.25, 0.3) is 16.7 Å². The van der Waals surface area contributed by atoms with E-state index in [1.807, 2.05) is 0 Å². The molecule has 0 radical (unpaired) electrons. The van der Waals surface area contributed by atoms with Crippen molar-refractivity contribution in [2.24, 2.45) is 14.1 Å². The van der Waals surface area contributed by atoms with Gasteiger partial charge in [-0.2, -0.15) is 28.2 Å². The quantitative estimate of drug-likeness (QED) is 0.0303. The average molecular weight is 797 g/mol. The molecule has 0 bridgehead atoms. The zero-order valence-electron chi connectivity index (χ0n) is 27.4. The summed E-state index contributed by atoms with van der Waals surface area (Å²) in [6.07, 6.45) is 5.84. The van der Waals surface area contributed by atoms with Gasteiger partial charge in [-0.3, -0.25) is 37.6 Å². The van der Waals surface area contributed by atoms with Crippen molar-refractivity contribution < 1.29 is 64.9 Å². The minimum atomic E-state index is -5.81. The minimum Gasteiger partial charge on any atom is -0.369 e. The number of hydroxylamine groups is 2. The van der Waals surface area contributed by atoms with Crippen LogP contribution in [0.3, 0.4) is 0 Å². The molecule has 5 rings (SSSR count). The van der Waals surface area contributed by atoms with Crippen molar-refractivity contribution >= 4 is 57.7 Å². The number of terminal acetylenes is 1. The Bertz CT molecular complexity index is 2270. The van der Waals surface area contributed by atoms with Gasteiger partial charge in [0.1, 0.15) is 19.9 Å². The summed E-state index contributed by atoms with van der Waals surface area (Å²) in [5.41, 5.74) is 5.28. The Morgan fingerprint density at radius 1 is 1.13 bits per heavy atom. The lowest BCUT2D eigenvalue weighted by Gasteiger charge is -2.22. The molecule has 1 aliphatic rings. The number of hydrogen-bond acceptors (Lipinski definition) is 18. The summed E-state index contributed by atoms with van der Waals surface area (Å²) in [6, 6.07) is 0. The van der Waals surface area contributed by atoms with Gasteiger partial charge in [0.05, 0.1) is 33.1 Å². The topological polar surface area (TPSA) is 325 Å². The largest absolute Gasteiger partial charge is 0.490 e. The Morgan fingerprint density at radius 3 is 2.54 bits per heavy atom. The zero-order valence-corrected chi connectivity index (χ0v) is 30.0. The molecule has 7 N–H and O–H groups in total. The Balaban J connectivity index is 1.14. The van der Waals surface area contributed by atoms with Crippen LogP contribution in [0.5, 0.6) is 0 Å². The maximum absolute atomic E-state index is 12.6. The number of ether oxygens (including phenoxy) is 2. The lowest BCUT2D eigenvalue weighted by molar-refractivity contribution is -0.646. The van der Waals surface area contributed by atoms with E-state index in [1.165, 1.54) is 33.4 Å². The number of anilines is 2. The van der Waals surface area contributed by atoms with E-state index in [0.29, 0.717) is 0 Å². The van der Waals surface area contributed by atoms with Crippen molar-refractivity contribution in [3.05, 3.63) is 33.4 Å². The maximum atomic E-state index is 12.6. The highest BCUT2D eigenvalue weighted by atomic mass is 31.3. The number of fused-ring (bicyclic) bond motifs is 2. The molecule has 0 saturated carbocycles. The summed E-state index contributed by atoms with van der Waals surface area (Å²) >= 11 is 0. The van der Waals surface area contributed by atoms with Crippen LogP contribution in [-0.4, -0.2) is 99.6 Å². The Morgan fingerprint density at radius 2 is 1.85 bits per heavy atom. The van der Waals surface area contributed by atoms with E-state index < -0.39 is 66.9 Å². The molecule has 1 fully saturated rings. The molecule has 4 aromatic heterocycles. The summed E-state index contributed by atoms with van der Waals surface area (Å²) in [6.45, 7) is -2.51. The molecule has 284 valence electrons. The van der Waals surface area contributed by atoms with Crippen molar-refractivity contribution in [3.63, 3.8) is 0 Å². The van der Waals surface area contributed by atoms with Crippen molar-refractivity contribution in [3.8, 4) is 12.3 Å². The number of nitrogens with zero attached hydrogens (tertiary/aromatic N) is 8. The molecule has 1 saturated heterocycles. The summed E-state index contributed by atoms with van der Waals surface area (Å²) in [5.74, 6) is 2.33. The first-order valence-corrected chi connectivity index (χ1v) is 19.0. The van der Waals surface area contributed by atoms with Gasteiger partial charge in [0, 0.05) is 14.1 Å². The number of nitrogens with one attached hydrogen (secondary N) is 2. The third-order valence-electron chi connectivity index (χ3n) is 6.99. The predicted molar refractivity (Wildman–Crippen MR) is 173 cm³/mol. The summed E-state index contributed by atoms with van der Waals surface area (Å²) in [7, 11) is -12.2. The molecule has 29 heteroatoms. The Labute approximate surface area is 291 Å². The average Bonchev–Trinajstić information content (AvgIpc) is 3.75. The number of imidazole rings is 2. The summed E-state index contributed by atoms with van der Waals surface area (Å²) < 4.78 is 71.5. The van der Waals surface area contributed by atoms with Crippen molar-refractivity contribution in [2.45, 2.75) is 19.2 Å². The molecular weight excluding hydrogens is 763 g/mol. The van der Waals surface area contributed by atoms with E-state index in [4.69, 9.17) is 31.0 Å². The summed E-state index contributed by atoms with van der Waals surface area (Å²) in [5, 5.41) is 3.88. The molecule has 0 aliphatic carbocycles. The lowest BCUT2D eigenvalue weighted by atomic mass is 10.5. The van der Waals surface area contributed by atoms with Gasteiger partial charge in [-0.05, 0) is 0 Å². The van der Waals surface area contributed by atoms with Crippen LogP contribution in [0, 0.1) is 12.3 Å². The van der Waals surface area contributed by atoms with Crippen LogP contribution in [0.4, 0.5) is 11.9 Å². The first kappa shape index (κ1) is 39.3. The van der Waals surface area contributed by atoms with Crippen LogP contribution in [0.15, 0.2) is 22.2 Å². The van der Waals surface area contributed by atoms with Gasteiger partial charge in [0.15, 0.2) is 17.4 Å². The van der Waals surface area contributed by atoms with Crippen molar-refractivity contribution in [2.75, 3.05) is 51.1 Å². The number of hydrogen-bond donors (Lipinski definition) is 6. The molecule has 5 atom stereocenters. The molecule has 52 heavy (non-hydrogen) atoms.